The highest BCUT2D eigenvalue weighted by Crippen LogP contribution is 2.34. The number of hydrogen-bond donors (Lipinski definition) is 2. The molecular weight excluding hydrogens is 435 g/mol. The van der Waals surface area contributed by atoms with E-state index in [4.69, 9.17) is 0 Å². The van der Waals surface area contributed by atoms with Gasteiger partial charge < -0.3 is 20.3 Å². The summed E-state index contributed by atoms with van der Waals surface area (Å²) < 4.78 is 43.6. The number of halogens is 3. The summed E-state index contributed by atoms with van der Waals surface area (Å²) in [6.45, 7) is 6.31. The first-order chi connectivity index (χ1) is 15.7. The zero-order valence-corrected chi connectivity index (χ0v) is 18.2. The molecular formula is C23H24F3N5O2. The Balaban J connectivity index is 1.67. The summed E-state index contributed by atoms with van der Waals surface area (Å²) in [4.78, 5) is 23.1. The van der Waals surface area contributed by atoms with E-state index in [2.05, 4.69) is 25.3 Å². The van der Waals surface area contributed by atoms with Crippen molar-refractivity contribution >= 4 is 28.4 Å². The maximum absolute atomic E-state index is 13.1. The van der Waals surface area contributed by atoms with Crippen LogP contribution in [0.25, 0.3) is 10.9 Å². The second-order valence-corrected chi connectivity index (χ2v) is 8.06. The number of benzene rings is 2. The smallest absolute Gasteiger partial charge is 0.404 e. The Hall–Kier alpha value is -3.40. The van der Waals surface area contributed by atoms with Gasteiger partial charge in [0.1, 0.15) is 0 Å². The molecule has 1 aromatic heterocycles. The molecule has 0 bridgehead atoms. The summed E-state index contributed by atoms with van der Waals surface area (Å²) in [6, 6.07) is 9.69. The second kappa shape index (κ2) is 9.22. The number of alkyl halides is 3. The lowest BCUT2D eigenvalue weighted by Gasteiger charge is -2.27. The summed E-state index contributed by atoms with van der Waals surface area (Å²) in [5.74, 6) is -0.539. The topological polar surface area (TPSA) is 79.4 Å². The van der Waals surface area contributed by atoms with Crippen molar-refractivity contribution < 1.29 is 22.7 Å². The van der Waals surface area contributed by atoms with Gasteiger partial charge in [-0.25, -0.2) is 9.97 Å². The summed E-state index contributed by atoms with van der Waals surface area (Å²) in [7, 11) is 0. The van der Waals surface area contributed by atoms with Gasteiger partial charge in [0.15, 0.2) is 5.75 Å². The highest BCUT2D eigenvalue weighted by Gasteiger charge is 2.33. The third kappa shape index (κ3) is 5.33. The summed E-state index contributed by atoms with van der Waals surface area (Å²) in [5.41, 5.74) is 1.84. The largest absolute Gasteiger partial charge is 0.573 e. The molecule has 1 amide bonds. The third-order valence-corrected chi connectivity index (χ3v) is 5.37. The molecule has 0 atom stereocenters. The molecule has 2 N–H and O–H groups in total. The van der Waals surface area contributed by atoms with Crippen LogP contribution in [0, 0.1) is 0 Å². The van der Waals surface area contributed by atoms with Gasteiger partial charge in [0, 0.05) is 43.3 Å². The molecule has 0 radical (unpaired) electrons. The maximum Gasteiger partial charge on any atom is 0.573 e. The molecule has 1 fully saturated rings. The van der Waals surface area contributed by atoms with E-state index in [1.165, 1.54) is 12.1 Å². The van der Waals surface area contributed by atoms with E-state index in [-0.39, 0.29) is 29.0 Å². The van der Waals surface area contributed by atoms with Crippen LogP contribution < -0.4 is 15.4 Å². The SMILES string of the molecule is CC(C)c1cccc2cnc(Nc3ccc(C(=O)N4CCNCC4)cc3OC(F)(F)F)nc12. The van der Waals surface area contributed by atoms with E-state index < -0.39 is 12.1 Å². The van der Waals surface area contributed by atoms with Gasteiger partial charge in [-0.05, 0) is 29.7 Å². The molecule has 0 spiro atoms. The molecule has 1 aliphatic heterocycles. The second-order valence-electron chi connectivity index (χ2n) is 8.06. The van der Waals surface area contributed by atoms with Gasteiger partial charge in [-0.3, -0.25) is 4.79 Å². The molecule has 2 heterocycles. The molecule has 0 aliphatic carbocycles. The van der Waals surface area contributed by atoms with Crippen LogP contribution in [0.3, 0.4) is 0 Å². The maximum atomic E-state index is 13.1. The minimum Gasteiger partial charge on any atom is -0.404 e. The fourth-order valence-corrected chi connectivity index (χ4v) is 3.74. The van der Waals surface area contributed by atoms with Gasteiger partial charge in [-0.15, -0.1) is 13.2 Å². The van der Waals surface area contributed by atoms with Crippen molar-refractivity contribution in [2.24, 2.45) is 0 Å². The molecule has 1 saturated heterocycles. The molecule has 0 unspecified atom stereocenters. The van der Waals surface area contributed by atoms with E-state index in [0.717, 1.165) is 17.0 Å². The predicted octanol–water partition coefficient (Wildman–Crippen LogP) is 4.44. The molecule has 7 nitrogen and oxygen atoms in total. The van der Waals surface area contributed by atoms with E-state index in [9.17, 15) is 18.0 Å². The Labute approximate surface area is 189 Å². The lowest BCUT2D eigenvalue weighted by atomic mass is 10.0. The Morgan fingerprint density at radius 1 is 1.18 bits per heavy atom. The Morgan fingerprint density at radius 2 is 1.94 bits per heavy atom. The summed E-state index contributed by atoms with van der Waals surface area (Å²) in [5, 5.41) is 6.78. The van der Waals surface area contributed by atoms with Crippen LogP contribution in [0.15, 0.2) is 42.6 Å². The minimum atomic E-state index is -4.93. The highest BCUT2D eigenvalue weighted by molar-refractivity contribution is 5.95. The highest BCUT2D eigenvalue weighted by atomic mass is 19.4. The normalized spacial score (nSPS) is 14.5. The van der Waals surface area contributed by atoms with Crippen molar-refractivity contribution in [1.29, 1.82) is 0 Å². The Kier molecular flexibility index (Phi) is 6.37. The molecule has 1 aliphatic rings. The zero-order valence-electron chi connectivity index (χ0n) is 18.2. The monoisotopic (exact) mass is 459 g/mol. The summed E-state index contributed by atoms with van der Waals surface area (Å²) >= 11 is 0. The van der Waals surface area contributed by atoms with Crippen LogP contribution in [-0.2, 0) is 0 Å². The lowest BCUT2D eigenvalue weighted by Crippen LogP contribution is -2.46. The van der Waals surface area contributed by atoms with E-state index in [1.54, 1.807) is 11.1 Å². The van der Waals surface area contributed by atoms with Gasteiger partial charge >= 0.3 is 6.36 Å². The van der Waals surface area contributed by atoms with Gasteiger partial charge in [0.25, 0.3) is 5.91 Å². The number of rotatable bonds is 5. The third-order valence-electron chi connectivity index (χ3n) is 5.37. The number of anilines is 2. The van der Waals surface area contributed by atoms with Gasteiger partial charge in [-0.2, -0.15) is 0 Å². The van der Waals surface area contributed by atoms with E-state index >= 15 is 0 Å². The van der Waals surface area contributed by atoms with E-state index in [1.807, 2.05) is 32.0 Å². The number of hydrogen-bond acceptors (Lipinski definition) is 6. The van der Waals surface area contributed by atoms with Crippen molar-refractivity contribution in [2.45, 2.75) is 26.1 Å². The van der Waals surface area contributed by atoms with Crippen LogP contribution in [0.1, 0.15) is 35.7 Å². The first-order valence-electron chi connectivity index (χ1n) is 10.6. The predicted molar refractivity (Wildman–Crippen MR) is 119 cm³/mol. The quantitative estimate of drug-likeness (QED) is 0.587. The number of fused-ring (bicyclic) bond motifs is 1. The molecule has 2 aromatic carbocycles. The average Bonchev–Trinajstić information content (AvgIpc) is 2.78. The number of carbonyl (C=O) groups is 1. The Bertz CT molecular complexity index is 1160. The van der Waals surface area contributed by atoms with Crippen LogP contribution in [0.4, 0.5) is 24.8 Å². The fourth-order valence-electron chi connectivity index (χ4n) is 3.74. The number of amides is 1. The summed E-state index contributed by atoms with van der Waals surface area (Å²) in [6.07, 6.45) is -3.31. The fraction of sp³-hybridized carbons (Fsp3) is 0.348. The first-order valence-corrected chi connectivity index (χ1v) is 10.6. The average molecular weight is 459 g/mol. The zero-order chi connectivity index (χ0) is 23.6. The number of carbonyl (C=O) groups excluding carboxylic acids is 1. The molecule has 3 aromatic rings. The number of nitrogens with zero attached hydrogens (tertiary/aromatic N) is 3. The van der Waals surface area contributed by atoms with Gasteiger partial charge in [0.05, 0.1) is 11.2 Å². The minimum absolute atomic E-state index is 0.00515. The number of ether oxygens (including phenoxy) is 1. The van der Waals surface area contributed by atoms with Crippen LogP contribution in [0.2, 0.25) is 0 Å². The van der Waals surface area contributed by atoms with Crippen molar-refractivity contribution in [3.05, 3.63) is 53.7 Å². The lowest BCUT2D eigenvalue weighted by molar-refractivity contribution is -0.274. The number of nitrogens with one attached hydrogen (secondary N) is 2. The van der Waals surface area contributed by atoms with Crippen LogP contribution in [-0.4, -0.2) is 53.3 Å². The van der Waals surface area contributed by atoms with Gasteiger partial charge in [0.2, 0.25) is 5.95 Å². The van der Waals surface area contributed by atoms with E-state index in [0.29, 0.717) is 31.7 Å². The van der Waals surface area contributed by atoms with Crippen molar-refractivity contribution in [3.8, 4) is 5.75 Å². The van der Waals surface area contributed by atoms with Gasteiger partial charge in [-0.1, -0.05) is 32.0 Å². The molecule has 33 heavy (non-hydrogen) atoms. The molecule has 0 saturated carbocycles. The van der Waals surface area contributed by atoms with Crippen LogP contribution >= 0.6 is 0 Å². The van der Waals surface area contributed by atoms with Crippen molar-refractivity contribution in [1.82, 2.24) is 20.2 Å². The molecule has 174 valence electrons. The van der Waals surface area contributed by atoms with Crippen molar-refractivity contribution in [3.63, 3.8) is 0 Å². The van der Waals surface area contributed by atoms with Crippen molar-refractivity contribution in [2.75, 3.05) is 31.5 Å². The molecule has 10 heteroatoms. The number of para-hydroxylation sites is 1. The molecule has 4 rings (SSSR count). The van der Waals surface area contributed by atoms with Crippen LogP contribution in [0.5, 0.6) is 5.75 Å². The standard InChI is InChI=1S/C23H24F3N5O2/c1-14(2)17-5-3-4-16-13-28-22(30-20(16)17)29-18-7-6-15(12-19(18)33-23(24,25)26)21(32)31-10-8-27-9-11-31/h3-7,12-14,27H,8-11H2,1-2H3,(H,28,29,30). The number of piperazine rings is 1. The Morgan fingerprint density at radius 3 is 2.64 bits per heavy atom. The number of aromatic nitrogens is 2. The first kappa shape index (κ1) is 22.8.